The van der Waals surface area contributed by atoms with Gasteiger partial charge in [0, 0.05) is 37.2 Å². The first-order chi connectivity index (χ1) is 20.1. The van der Waals surface area contributed by atoms with Crippen LogP contribution in [0.25, 0.3) is 11.0 Å². The average molecular weight is 551 g/mol. The van der Waals surface area contributed by atoms with Gasteiger partial charge in [-0.15, -0.1) is 0 Å². The molecule has 6 rings (SSSR count). The summed E-state index contributed by atoms with van der Waals surface area (Å²) in [6.45, 7) is 3.91. The van der Waals surface area contributed by atoms with Gasteiger partial charge in [0.2, 0.25) is 11.8 Å². The number of para-hydroxylation sites is 2. The first kappa shape index (κ1) is 27.1. The summed E-state index contributed by atoms with van der Waals surface area (Å²) in [5.41, 5.74) is 3.79. The minimum absolute atomic E-state index is 0.0667. The van der Waals surface area contributed by atoms with Crippen LogP contribution in [0.4, 0.5) is 5.69 Å². The molecule has 1 saturated carbocycles. The Kier molecular flexibility index (Phi) is 8.03. The van der Waals surface area contributed by atoms with Crippen molar-refractivity contribution in [2.45, 2.75) is 70.5 Å². The fraction of sp³-hybridized carbons (Fsp3) is 0.382. The largest absolute Gasteiger partial charge is 0.494 e. The Morgan fingerprint density at radius 1 is 0.951 bits per heavy atom. The molecule has 212 valence electrons. The van der Waals surface area contributed by atoms with Gasteiger partial charge in [-0.05, 0) is 61.7 Å². The SMILES string of the molecule is CCOc1ccc(N2CC(c3nc4ccccc4n3CC(=O)N(Cc3ccccc3)C3CCCCC3)CC2=O)cc1. The van der Waals surface area contributed by atoms with Crippen LogP contribution in [-0.4, -0.2) is 45.5 Å². The quantitative estimate of drug-likeness (QED) is 0.245. The fourth-order valence-corrected chi connectivity index (χ4v) is 6.41. The molecule has 7 nitrogen and oxygen atoms in total. The third-order valence-electron chi connectivity index (χ3n) is 8.46. The van der Waals surface area contributed by atoms with Crippen LogP contribution in [0.2, 0.25) is 0 Å². The molecule has 3 aromatic carbocycles. The molecule has 2 aliphatic rings. The molecule has 1 unspecified atom stereocenters. The van der Waals surface area contributed by atoms with E-state index in [4.69, 9.17) is 9.72 Å². The predicted octanol–water partition coefficient (Wildman–Crippen LogP) is 6.32. The summed E-state index contributed by atoms with van der Waals surface area (Å²) in [7, 11) is 0. The molecular formula is C34H38N4O3. The summed E-state index contributed by atoms with van der Waals surface area (Å²) in [5, 5.41) is 0. The summed E-state index contributed by atoms with van der Waals surface area (Å²) in [4.78, 5) is 36.3. The molecule has 1 aliphatic carbocycles. The highest BCUT2D eigenvalue weighted by Gasteiger charge is 2.36. The standard InChI is InChI=1S/C34H38N4O3/c1-2-41-29-19-17-28(18-20-29)37-23-26(21-32(37)39)34-35-30-15-9-10-16-31(30)38(34)24-33(40)36(27-13-7-4-8-14-27)22-25-11-5-3-6-12-25/h3,5-6,9-12,15-20,26-27H,2,4,7-8,13-14,21-24H2,1H3. The molecule has 1 saturated heterocycles. The van der Waals surface area contributed by atoms with Crippen molar-refractivity contribution in [3.05, 3.63) is 90.3 Å². The normalized spacial score (nSPS) is 17.7. The van der Waals surface area contributed by atoms with Crippen molar-refractivity contribution in [3.63, 3.8) is 0 Å². The minimum atomic E-state index is -0.105. The highest BCUT2D eigenvalue weighted by molar-refractivity contribution is 5.96. The van der Waals surface area contributed by atoms with E-state index in [0.717, 1.165) is 59.5 Å². The molecular weight excluding hydrogens is 512 g/mol. The number of benzene rings is 3. The number of rotatable bonds is 9. The Morgan fingerprint density at radius 3 is 2.44 bits per heavy atom. The number of hydrogen-bond acceptors (Lipinski definition) is 4. The molecule has 41 heavy (non-hydrogen) atoms. The second kappa shape index (κ2) is 12.2. The van der Waals surface area contributed by atoms with Crippen LogP contribution in [0.1, 0.15) is 62.8 Å². The van der Waals surface area contributed by atoms with E-state index >= 15 is 0 Å². The Morgan fingerprint density at radius 2 is 1.68 bits per heavy atom. The molecule has 1 aromatic heterocycles. The summed E-state index contributed by atoms with van der Waals surface area (Å²) < 4.78 is 7.64. The Hall–Kier alpha value is -4.13. The lowest BCUT2D eigenvalue weighted by Crippen LogP contribution is -2.42. The van der Waals surface area contributed by atoms with Crippen molar-refractivity contribution in [2.24, 2.45) is 0 Å². The number of aromatic nitrogens is 2. The van der Waals surface area contributed by atoms with Gasteiger partial charge in [0.05, 0.1) is 17.6 Å². The number of carbonyl (C=O) groups excluding carboxylic acids is 2. The molecule has 2 heterocycles. The minimum Gasteiger partial charge on any atom is -0.494 e. The Bertz CT molecular complexity index is 1490. The maximum Gasteiger partial charge on any atom is 0.243 e. The van der Waals surface area contributed by atoms with Crippen LogP contribution >= 0.6 is 0 Å². The maximum absolute atomic E-state index is 14.1. The Labute approximate surface area is 241 Å². The molecule has 7 heteroatoms. The smallest absolute Gasteiger partial charge is 0.243 e. The number of anilines is 1. The third kappa shape index (κ3) is 5.85. The van der Waals surface area contributed by atoms with E-state index in [1.165, 1.54) is 6.42 Å². The molecule has 4 aromatic rings. The van der Waals surface area contributed by atoms with Gasteiger partial charge >= 0.3 is 0 Å². The summed E-state index contributed by atoms with van der Waals surface area (Å²) in [6, 6.07) is 26.2. The van der Waals surface area contributed by atoms with Gasteiger partial charge in [0.15, 0.2) is 0 Å². The summed E-state index contributed by atoms with van der Waals surface area (Å²) in [6.07, 6.45) is 6.01. The highest BCUT2D eigenvalue weighted by Crippen LogP contribution is 2.34. The van der Waals surface area contributed by atoms with E-state index in [-0.39, 0.29) is 30.3 Å². The fourth-order valence-electron chi connectivity index (χ4n) is 6.41. The number of carbonyl (C=O) groups is 2. The average Bonchev–Trinajstić information content (AvgIpc) is 3.57. The van der Waals surface area contributed by atoms with Gasteiger partial charge < -0.3 is 19.1 Å². The first-order valence-electron chi connectivity index (χ1n) is 14.9. The Balaban J connectivity index is 1.28. The van der Waals surface area contributed by atoms with Crippen molar-refractivity contribution < 1.29 is 14.3 Å². The maximum atomic E-state index is 14.1. The molecule has 2 amide bonds. The predicted molar refractivity (Wildman–Crippen MR) is 161 cm³/mol. The second-order valence-corrected chi connectivity index (χ2v) is 11.2. The van der Waals surface area contributed by atoms with E-state index in [2.05, 4.69) is 21.6 Å². The molecule has 2 fully saturated rings. The molecule has 0 N–H and O–H groups in total. The van der Waals surface area contributed by atoms with Gasteiger partial charge in [-0.2, -0.15) is 0 Å². The molecule has 1 aliphatic heterocycles. The molecule has 1 atom stereocenters. The third-order valence-corrected chi connectivity index (χ3v) is 8.46. The van der Waals surface area contributed by atoms with Crippen LogP contribution in [-0.2, 0) is 22.7 Å². The van der Waals surface area contributed by atoms with Crippen LogP contribution in [0, 0.1) is 0 Å². The summed E-state index contributed by atoms with van der Waals surface area (Å²) >= 11 is 0. The van der Waals surface area contributed by atoms with Crippen molar-refractivity contribution in [2.75, 3.05) is 18.1 Å². The summed E-state index contributed by atoms with van der Waals surface area (Å²) in [5.74, 6) is 1.67. The van der Waals surface area contributed by atoms with Crippen LogP contribution in [0.5, 0.6) is 5.75 Å². The zero-order valence-electron chi connectivity index (χ0n) is 23.7. The lowest BCUT2D eigenvalue weighted by Gasteiger charge is -2.35. The van der Waals surface area contributed by atoms with E-state index < -0.39 is 0 Å². The number of amides is 2. The van der Waals surface area contributed by atoms with Crippen molar-refractivity contribution in [3.8, 4) is 5.75 Å². The van der Waals surface area contributed by atoms with Gasteiger partial charge in [-0.1, -0.05) is 61.7 Å². The van der Waals surface area contributed by atoms with E-state index in [1.54, 1.807) is 0 Å². The number of nitrogens with zero attached hydrogens (tertiary/aromatic N) is 4. The van der Waals surface area contributed by atoms with Gasteiger partial charge in [0.25, 0.3) is 0 Å². The first-order valence-corrected chi connectivity index (χ1v) is 14.9. The van der Waals surface area contributed by atoms with Gasteiger partial charge in [-0.3, -0.25) is 9.59 Å². The monoisotopic (exact) mass is 550 g/mol. The number of imidazole rings is 1. The lowest BCUT2D eigenvalue weighted by molar-refractivity contribution is -0.135. The molecule has 0 radical (unpaired) electrons. The van der Waals surface area contributed by atoms with Crippen LogP contribution < -0.4 is 9.64 Å². The zero-order chi connectivity index (χ0) is 28.2. The van der Waals surface area contributed by atoms with Gasteiger partial charge in [0.1, 0.15) is 18.1 Å². The van der Waals surface area contributed by atoms with Crippen molar-refractivity contribution in [1.29, 1.82) is 0 Å². The van der Waals surface area contributed by atoms with E-state index in [1.807, 2.05) is 78.6 Å². The number of ether oxygens (including phenoxy) is 1. The van der Waals surface area contributed by atoms with Crippen molar-refractivity contribution in [1.82, 2.24) is 14.5 Å². The number of hydrogen-bond donors (Lipinski definition) is 0. The van der Waals surface area contributed by atoms with Crippen LogP contribution in [0.3, 0.4) is 0 Å². The highest BCUT2D eigenvalue weighted by atomic mass is 16.5. The van der Waals surface area contributed by atoms with Gasteiger partial charge in [-0.25, -0.2) is 4.98 Å². The van der Waals surface area contributed by atoms with Crippen molar-refractivity contribution >= 4 is 28.5 Å². The van der Waals surface area contributed by atoms with E-state index in [9.17, 15) is 9.59 Å². The number of fused-ring (bicyclic) bond motifs is 1. The van der Waals surface area contributed by atoms with E-state index in [0.29, 0.717) is 26.1 Å². The topological polar surface area (TPSA) is 67.7 Å². The lowest BCUT2D eigenvalue weighted by atomic mass is 9.93. The second-order valence-electron chi connectivity index (χ2n) is 11.2. The van der Waals surface area contributed by atoms with Crippen LogP contribution in [0.15, 0.2) is 78.9 Å². The molecule has 0 bridgehead atoms. The zero-order valence-corrected chi connectivity index (χ0v) is 23.7. The molecule has 0 spiro atoms.